The Morgan fingerprint density at radius 1 is 1.05 bits per heavy atom. The van der Waals surface area contributed by atoms with E-state index in [9.17, 15) is 4.39 Å². The monoisotopic (exact) mass is 278 g/mol. The lowest BCUT2D eigenvalue weighted by Gasteiger charge is -2.18. The van der Waals surface area contributed by atoms with Gasteiger partial charge in [-0.3, -0.25) is 5.84 Å². The first kappa shape index (κ1) is 14.0. The number of hydrogen-bond acceptors (Lipinski definition) is 2. The molecule has 0 bridgehead atoms. The summed E-state index contributed by atoms with van der Waals surface area (Å²) >= 11 is 5.82. The summed E-state index contributed by atoms with van der Waals surface area (Å²) in [4.78, 5) is 0. The molecular formula is C15H16ClFN2. The molecule has 2 aromatic rings. The van der Waals surface area contributed by atoms with Gasteiger partial charge in [-0.05, 0) is 37.1 Å². The van der Waals surface area contributed by atoms with Gasteiger partial charge in [0.15, 0.2) is 0 Å². The molecule has 0 spiro atoms. The van der Waals surface area contributed by atoms with E-state index in [2.05, 4.69) is 23.6 Å². The van der Waals surface area contributed by atoms with Gasteiger partial charge in [0.05, 0.1) is 11.1 Å². The van der Waals surface area contributed by atoms with Crippen LogP contribution in [0, 0.1) is 19.7 Å². The quantitative estimate of drug-likeness (QED) is 0.664. The van der Waals surface area contributed by atoms with Gasteiger partial charge in [0.2, 0.25) is 0 Å². The maximum atomic E-state index is 13.2. The van der Waals surface area contributed by atoms with Gasteiger partial charge in [0, 0.05) is 0 Å². The van der Waals surface area contributed by atoms with Crippen LogP contribution in [0.15, 0.2) is 36.4 Å². The molecule has 0 aliphatic rings. The van der Waals surface area contributed by atoms with Crippen molar-refractivity contribution in [3.05, 3.63) is 69.5 Å². The Hall–Kier alpha value is -1.42. The molecule has 0 aliphatic heterocycles. The van der Waals surface area contributed by atoms with E-state index in [1.807, 2.05) is 13.8 Å². The summed E-state index contributed by atoms with van der Waals surface area (Å²) in [5.74, 6) is 5.21. The second kappa shape index (κ2) is 5.70. The van der Waals surface area contributed by atoms with Crippen molar-refractivity contribution in [3.63, 3.8) is 0 Å². The Morgan fingerprint density at radius 2 is 1.68 bits per heavy atom. The zero-order valence-electron chi connectivity index (χ0n) is 10.9. The molecule has 0 radical (unpaired) electrons. The minimum Gasteiger partial charge on any atom is -0.271 e. The number of hydrogen-bond donors (Lipinski definition) is 2. The Morgan fingerprint density at radius 3 is 2.21 bits per heavy atom. The molecule has 0 saturated carbocycles. The van der Waals surface area contributed by atoms with E-state index >= 15 is 0 Å². The number of nitrogens with one attached hydrogen (secondary N) is 1. The van der Waals surface area contributed by atoms with E-state index in [0.29, 0.717) is 0 Å². The standard InChI is InChI=1S/C15H16ClFN2/c1-9-5-10(2)7-12(6-9)15(19-18)11-3-4-14(17)13(16)8-11/h3-8,15,19H,18H2,1-2H3. The van der Waals surface area contributed by atoms with Crippen molar-refractivity contribution in [1.29, 1.82) is 0 Å². The number of aryl methyl sites for hydroxylation is 2. The van der Waals surface area contributed by atoms with Crippen LogP contribution in [0.2, 0.25) is 5.02 Å². The molecule has 1 atom stereocenters. The molecule has 0 aliphatic carbocycles. The van der Waals surface area contributed by atoms with Gasteiger partial charge in [-0.25, -0.2) is 9.82 Å². The summed E-state index contributed by atoms with van der Waals surface area (Å²) < 4.78 is 13.2. The Bertz CT molecular complexity index is 578. The average Bonchev–Trinajstić information content (AvgIpc) is 2.33. The van der Waals surface area contributed by atoms with Crippen LogP contribution in [0.25, 0.3) is 0 Å². The first-order valence-corrected chi connectivity index (χ1v) is 6.38. The van der Waals surface area contributed by atoms with E-state index in [0.717, 1.165) is 22.3 Å². The van der Waals surface area contributed by atoms with E-state index in [1.165, 1.54) is 6.07 Å². The van der Waals surface area contributed by atoms with Crippen LogP contribution in [0.1, 0.15) is 28.3 Å². The zero-order valence-corrected chi connectivity index (χ0v) is 11.6. The van der Waals surface area contributed by atoms with Crippen molar-refractivity contribution in [2.75, 3.05) is 0 Å². The molecule has 100 valence electrons. The van der Waals surface area contributed by atoms with Gasteiger partial charge >= 0.3 is 0 Å². The van der Waals surface area contributed by atoms with Crippen LogP contribution in [0.3, 0.4) is 0 Å². The molecule has 19 heavy (non-hydrogen) atoms. The molecule has 0 aromatic heterocycles. The highest BCUT2D eigenvalue weighted by Gasteiger charge is 2.14. The predicted octanol–water partition coefficient (Wildman–Crippen LogP) is 3.65. The summed E-state index contributed by atoms with van der Waals surface area (Å²) in [6.07, 6.45) is 0. The van der Waals surface area contributed by atoms with Crippen molar-refractivity contribution >= 4 is 11.6 Å². The van der Waals surface area contributed by atoms with E-state index in [-0.39, 0.29) is 11.1 Å². The van der Waals surface area contributed by atoms with Crippen molar-refractivity contribution in [1.82, 2.24) is 5.43 Å². The zero-order chi connectivity index (χ0) is 14.0. The maximum Gasteiger partial charge on any atom is 0.141 e. The Labute approximate surface area is 117 Å². The number of hydrazine groups is 1. The third-order valence-corrected chi connectivity index (χ3v) is 3.31. The van der Waals surface area contributed by atoms with Crippen LogP contribution >= 0.6 is 11.6 Å². The normalized spacial score (nSPS) is 12.5. The fourth-order valence-corrected chi connectivity index (χ4v) is 2.44. The van der Waals surface area contributed by atoms with Crippen molar-refractivity contribution in [2.45, 2.75) is 19.9 Å². The molecule has 3 N–H and O–H groups in total. The molecule has 2 nitrogen and oxygen atoms in total. The molecule has 2 aromatic carbocycles. The van der Waals surface area contributed by atoms with Crippen LogP contribution in [0.4, 0.5) is 4.39 Å². The third-order valence-electron chi connectivity index (χ3n) is 3.02. The maximum absolute atomic E-state index is 13.2. The minimum absolute atomic E-state index is 0.0992. The molecule has 0 heterocycles. The van der Waals surface area contributed by atoms with Gasteiger partial charge < -0.3 is 0 Å². The topological polar surface area (TPSA) is 38.0 Å². The summed E-state index contributed by atoms with van der Waals surface area (Å²) in [6, 6.07) is 10.6. The minimum atomic E-state index is -0.429. The number of benzene rings is 2. The first-order chi connectivity index (χ1) is 9.01. The van der Waals surface area contributed by atoms with Crippen molar-refractivity contribution < 1.29 is 4.39 Å². The van der Waals surface area contributed by atoms with Gasteiger partial charge in [-0.2, -0.15) is 0 Å². The predicted molar refractivity (Wildman–Crippen MR) is 76.5 cm³/mol. The molecule has 0 saturated heterocycles. The first-order valence-electron chi connectivity index (χ1n) is 6.00. The number of nitrogens with two attached hydrogens (primary N) is 1. The SMILES string of the molecule is Cc1cc(C)cc(C(NN)c2ccc(F)c(Cl)c2)c1. The van der Waals surface area contributed by atoms with E-state index < -0.39 is 5.82 Å². The Balaban J connectivity index is 2.46. The highest BCUT2D eigenvalue weighted by Crippen LogP contribution is 2.26. The van der Waals surface area contributed by atoms with Crippen LogP contribution in [-0.4, -0.2) is 0 Å². The number of halogens is 2. The van der Waals surface area contributed by atoms with Gasteiger partial charge in [0.1, 0.15) is 5.82 Å². The Kier molecular flexibility index (Phi) is 4.20. The molecule has 0 fully saturated rings. The van der Waals surface area contributed by atoms with Crippen LogP contribution < -0.4 is 11.3 Å². The fourth-order valence-electron chi connectivity index (χ4n) is 2.25. The number of rotatable bonds is 3. The van der Waals surface area contributed by atoms with Crippen molar-refractivity contribution in [3.8, 4) is 0 Å². The van der Waals surface area contributed by atoms with Gasteiger partial charge in [-0.15, -0.1) is 0 Å². The second-order valence-electron chi connectivity index (χ2n) is 4.69. The van der Waals surface area contributed by atoms with Crippen LogP contribution in [0.5, 0.6) is 0 Å². The van der Waals surface area contributed by atoms with Crippen molar-refractivity contribution in [2.24, 2.45) is 5.84 Å². The highest BCUT2D eigenvalue weighted by atomic mass is 35.5. The largest absolute Gasteiger partial charge is 0.271 e. The molecular weight excluding hydrogens is 263 g/mol. The summed E-state index contributed by atoms with van der Waals surface area (Å²) in [5.41, 5.74) is 6.93. The molecule has 2 rings (SSSR count). The molecule has 1 unspecified atom stereocenters. The summed E-state index contributed by atoms with van der Waals surface area (Å²) in [7, 11) is 0. The third kappa shape index (κ3) is 3.13. The summed E-state index contributed by atoms with van der Waals surface area (Å²) in [6.45, 7) is 4.06. The van der Waals surface area contributed by atoms with Crippen LogP contribution in [-0.2, 0) is 0 Å². The lowest BCUT2D eigenvalue weighted by Crippen LogP contribution is -2.29. The second-order valence-corrected chi connectivity index (χ2v) is 5.10. The van der Waals surface area contributed by atoms with E-state index in [1.54, 1.807) is 12.1 Å². The fraction of sp³-hybridized carbons (Fsp3) is 0.200. The average molecular weight is 279 g/mol. The lowest BCUT2D eigenvalue weighted by atomic mass is 9.96. The van der Waals surface area contributed by atoms with Gasteiger partial charge in [-0.1, -0.05) is 47.0 Å². The molecule has 4 heteroatoms. The van der Waals surface area contributed by atoms with Gasteiger partial charge in [0.25, 0.3) is 0 Å². The smallest absolute Gasteiger partial charge is 0.141 e. The van der Waals surface area contributed by atoms with E-state index in [4.69, 9.17) is 17.4 Å². The highest BCUT2D eigenvalue weighted by molar-refractivity contribution is 6.30. The summed E-state index contributed by atoms with van der Waals surface area (Å²) in [5, 5.41) is 0.0992. The lowest BCUT2D eigenvalue weighted by molar-refractivity contribution is 0.615. The molecule has 0 amide bonds.